The van der Waals surface area contributed by atoms with Gasteiger partial charge >= 0.3 is 5.69 Å². The lowest BCUT2D eigenvalue weighted by Gasteiger charge is -2.19. The van der Waals surface area contributed by atoms with Gasteiger partial charge < -0.3 is 15.2 Å². The monoisotopic (exact) mass is 431 g/mol. The number of aryl methyl sites for hydroxylation is 1. The van der Waals surface area contributed by atoms with Crippen molar-refractivity contribution in [3.8, 4) is 11.3 Å². The molecule has 0 bridgehead atoms. The molecule has 3 N–H and O–H groups in total. The number of amides is 1. The van der Waals surface area contributed by atoms with Crippen LogP contribution in [0, 0.1) is 6.92 Å². The van der Waals surface area contributed by atoms with E-state index in [1.54, 1.807) is 0 Å². The highest BCUT2D eigenvalue weighted by atomic mass is 16.5. The second-order valence-electron chi connectivity index (χ2n) is 7.37. The van der Waals surface area contributed by atoms with Gasteiger partial charge in [-0.05, 0) is 12.5 Å². The van der Waals surface area contributed by atoms with E-state index in [0.29, 0.717) is 5.69 Å². The topological polar surface area (TPSA) is 127 Å². The molecular weight excluding hydrogens is 410 g/mol. The third-order valence-corrected chi connectivity index (χ3v) is 5.11. The third-order valence-electron chi connectivity index (χ3n) is 5.11. The molecule has 32 heavy (non-hydrogen) atoms. The van der Waals surface area contributed by atoms with Crippen LogP contribution in [0.1, 0.15) is 21.7 Å². The SMILES string of the molecule is Cc1ccc(-c2cc(C(=O)N(C)c3c(N)n(Cc4ccccc4)c(=O)[nH]c3=O)on2)cc1. The molecule has 9 heteroatoms. The van der Waals surface area contributed by atoms with Crippen LogP contribution in [-0.4, -0.2) is 27.7 Å². The Hall–Kier alpha value is -4.40. The molecule has 2 aromatic heterocycles. The number of carbonyl (C=O) groups excluding carboxylic acids is 1. The van der Waals surface area contributed by atoms with Crippen molar-refractivity contribution in [2.24, 2.45) is 0 Å². The second-order valence-corrected chi connectivity index (χ2v) is 7.37. The lowest BCUT2D eigenvalue weighted by atomic mass is 10.1. The van der Waals surface area contributed by atoms with E-state index in [1.165, 1.54) is 17.7 Å². The Morgan fingerprint density at radius 1 is 1.12 bits per heavy atom. The van der Waals surface area contributed by atoms with E-state index in [9.17, 15) is 14.4 Å². The zero-order valence-electron chi connectivity index (χ0n) is 17.5. The molecule has 162 valence electrons. The van der Waals surface area contributed by atoms with E-state index in [1.807, 2.05) is 61.5 Å². The first-order valence-electron chi connectivity index (χ1n) is 9.83. The van der Waals surface area contributed by atoms with Gasteiger partial charge in [-0.2, -0.15) is 0 Å². The molecule has 0 aliphatic carbocycles. The van der Waals surface area contributed by atoms with Crippen LogP contribution in [0.15, 0.2) is 74.8 Å². The number of nitrogens with one attached hydrogen (secondary N) is 1. The molecule has 1 amide bonds. The fourth-order valence-electron chi connectivity index (χ4n) is 3.33. The average Bonchev–Trinajstić information content (AvgIpc) is 3.27. The van der Waals surface area contributed by atoms with Crippen molar-refractivity contribution >= 4 is 17.4 Å². The van der Waals surface area contributed by atoms with Crippen molar-refractivity contribution in [3.63, 3.8) is 0 Å². The summed E-state index contributed by atoms with van der Waals surface area (Å²) in [5.41, 5.74) is 7.75. The van der Waals surface area contributed by atoms with Crippen LogP contribution in [0.2, 0.25) is 0 Å². The van der Waals surface area contributed by atoms with Gasteiger partial charge in [0.15, 0.2) is 5.69 Å². The third kappa shape index (κ3) is 3.95. The van der Waals surface area contributed by atoms with Crippen LogP contribution in [-0.2, 0) is 6.54 Å². The maximum absolute atomic E-state index is 13.0. The Morgan fingerprint density at radius 3 is 2.50 bits per heavy atom. The Bertz CT molecular complexity index is 1380. The molecule has 0 aliphatic heterocycles. The van der Waals surface area contributed by atoms with Gasteiger partial charge in [0.25, 0.3) is 11.5 Å². The number of hydrogen-bond donors (Lipinski definition) is 2. The van der Waals surface area contributed by atoms with Gasteiger partial charge in [-0.25, -0.2) is 4.79 Å². The number of carbonyl (C=O) groups is 1. The van der Waals surface area contributed by atoms with Gasteiger partial charge in [0.1, 0.15) is 11.5 Å². The summed E-state index contributed by atoms with van der Waals surface area (Å²) in [5.74, 6) is -0.822. The summed E-state index contributed by atoms with van der Waals surface area (Å²) in [6.07, 6.45) is 0. The zero-order chi connectivity index (χ0) is 22.8. The summed E-state index contributed by atoms with van der Waals surface area (Å²) >= 11 is 0. The van der Waals surface area contributed by atoms with Crippen LogP contribution >= 0.6 is 0 Å². The van der Waals surface area contributed by atoms with Crippen molar-refractivity contribution in [2.75, 3.05) is 17.7 Å². The Kier molecular flexibility index (Phi) is 5.46. The summed E-state index contributed by atoms with van der Waals surface area (Å²) in [6.45, 7) is 2.10. The van der Waals surface area contributed by atoms with Crippen LogP contribution in [0.4, 0.5) is 11.5 Å². The van der Waals surface area contributed by atoms with Gasteiger partial charge in [-0.15, -0.1) is 0 Å². The molecule has 4 rings (SSSR count). The molecule has 0 aliphatic rings. The number of hydrogen-bond acceptors (Lipinski definition) is 6. The van der Waals surface area contributed by atoms with Crippen LogP contribution in [0.3, 0.4) is 0 Å². The molecular formula is C23H21N5O4. The van der Waals surface area contributed by atoms with Gasteiger partial charge in [0.05, 0.1) is 6.54 Å². The van der Waals surface area contributed by atoms with E-state index in [-0.39, 0.29) is 23.8 Å². The Labute approximate surface area is 182 Å². The Balaban J connectivity index is 1.67. The maximum atomic E-state index is 13.0. The fraction of sp³-hybridized carbons (Fsp3) is 0.130. The summed E-state index contributed by atoms with van der Waals surface area (Å²) in [4.78, 5) is 41.1. The number of rotatable bonds is 5. The molecule has 2 heterocycles. The first kappa shape index (κ1) is 20.9. The molecule has 0 atom stereocenters. The van der Waals surface area contributed by atoms with Crippen molar-refractivity contribution < 1.29 is 9.32 Å². The van der Waals surface area contributed by atoms with Gasteiger partial charge in [0, 0.05) is 18.7 Å². The quantitative estimate of drug-likeness (QED) is 0.500. The van der Waals surface area contributed by atoms with E-state index >= 15 is 0 Å². The van der Waals surface area contributed by atoms with E-state index < -0.39 is 17.2 Å². The predicted molar refractivity (Wildman–Crippen MR) is 121 cm³/mol. The molecule has 9 nitrogen and oxygen atoms in total. The summed E-state index contributed by atoms with van der Waals surface area (Å²) < 4.78 is 6.42. The highest BCUT2D eigenvalue weighted by Gasteiger charge is 2.25. The van der Waals surface area contributed by atoms with Crippen molar-refractivity contribution in [2.45, 2.75) is 13.5 Å². The smallest absolute Gasteiger partial charge is 0.330 e. The Morgan fingerprint density at radius 2 is 1.81 bits per heavy atom. The van der Waals surface area contributed by atoms with Crippen molar-refractivity contribution in [3.05, 3.63) is 98.4 Å². The molecule has 0 saturated heterocycles. The highest BCUT2D eigenvalue weighted by Crippen LogP contribution is 2.23. The molecule has 0 spiro atoms. The minimum atomic E-state index is -0.772. The summed E-state index contributed by atoms with van der Waals surface area (Å²) in [7, 11) is 1.38. The molecule has 2 aromatic carbocycles. The molecule has 0 radical (unpaired) electrons. The summed E-state index contributed by atoms with van der Waals surface area (Å²) in [5, 5.41) is 3.95. The van der Waals surface area contributed by atoms with Crippen LogP contribution < -0.4 is 21.9 Å². The summed E-state index contributed by atoms with van der Waals surface area (Å²) in [6, 6.07) is 18.2. The van der Waals surface area contributed by atoms with Crippen LogP contribution in [0.25, 0.3) is 11.3 Å². The number of H-pyrrole nitrogens is 1. The maximum Gasteiger partial charge on any atom is 0.330 e. The molecule has 0 unspecified atom stereocenters. The number of aromatic amines is 1. The lowest BCUT2D eigenvalue weighted by molar-refractivity contribution is 0.0957. The van der Waals surface area contributed by atoms with Gasteiger partial charge in [-0.3, -0.25) is 19.1 Å². The van der Waals surface area contributed by atoms with E-state index in [2.05, 4.69) is 10.1 Å². The first-order valence-corrected chi connectivity index (χ1v) is 9.83. The minimum absolute atomic E-state index is 0.0670. The van der Waals surface area contributed by atoms with Crippen molar-refractivity contribution in [1.29, 1.82) is 0 Å². The number of benzene rings is 2. The molecule has 0 saturated carbocycles. The highest BCUT2D eigenvalue weighted by molar-refractivity contribution is 6.05. The normalized spacial score (nSPS) is 10.8. The van der Waals surface area contributed by atoms with E-state index in [4.69, 9.17) is 10.3 Å². The number of nitrogens with two attached hydrogens (primary N) is 1. The van der Waals surface area contributed by atoms with Crippen LogP contribution in [0.5, 0.6) is 0 Å². The number of aromatic nitrogens is 3. The number of nitrogens with zero attached hydrogens (tertiary/aromatic N) is 3. The van der Waals surface area contributed by atoms with Crippen molar-refractivity contribution in [1.82, 2.24) is 14.7 Å². The zero-order valence-corrected chi connectivity index (χ0v) is 17.5. The first-order chi connectivity index (χ1) is 15.3. The molecule has 0 fully saturated rings. The number of anilines is 2. The standard InChI is InChI=1S/C23H21N5O4/c1-14-8-10-16(11-9-14)17-12-18(32-26-17)22(30)27(2)19-20(24)28(23(31)25-21(19)29)13-15-6-4-3-5-7-15/h3-12H,13,24H2,1-2H3,(H,25,29,31). The molecule has 4 aromatic rings. The average molecular weight is 431 g/mol. The van der Waals surface area contributed by atoms with Gasteiger partial charge in [-0.1, -0.05) is 65.3 Å². The lowest BCUT2D eigenvalue weighted by Crippen LogP contribution is -2.39. The van der Waals surface area contributed by atoms with Gasteiger partial charge in [0.2, 0.25) is 5.76 Å². The number of nitrogen functional groups attached to an aromatic ring is 1. The predicted octanol–water partition coefficient (Wildman–Crippen LogP) is 2.41. The largest absolute Gasteiger partial charge is 0.383 e. The fourth-order valence-corrected chi connectivity index (χ4v) is 3.33. The minimum Gasteiger partial charge on any atom is -0.383 e. The van der Waals surface area contributed by atoms with E-state index in [0.717, 1.165) is 21.6 Å². The second kappa shape index (κ2) is 8.38.